The van der Waals surface area contributed by atoms with E-state index >= 15 is 0 Å². The summed E-state index contributed by atoms with van der Waals surface area (Å²) < 4.78 is 23.4. The molecule has 2 N–H and O–H groups in total. The van der Waals surface area contributed by atoms with E-state index < -0.39 is 6.05 Å². The lowest BCUT2D eigenvalue weighted by atomic mass is 10.2. The van der Waals surface area contributed by atoms with Crippen molar-refractivity contribution in [2.24, 2.45) is 5.73 Å². The molecular formula is C5H11F2N. The highest BCUT2D eigenvalue weighted by Crippen LogP contribution is 2.12. The van der Waals surface area contributed by atoms with Crippen molar-refractivity contribution in [2.75, 3.05) is 0 Å². The molecule has 0 aliphatic heterocycles. The second kappa shape index (κ2) is 2.97. The third kappa shape index (κ3) is 5.82. The van der Waals surface area contributed by atoms with Gasteiger partial charge in [0, 0.05) is 6.42 Å². The number of hydrogen-bond donors (Lipinski definition) is 1. The predicted octanol–water partition coefficient (Wildman–Crippen LogP) is 1.73. The van der Waals surface area contributed by atoms with Gasteiger partial charge >= 0.3 is 0 Å². The maximum absolute atomic E-state index is 11.7. The lowest BCUT2D eigenvalue weighted by Crippen LogP contribution is -2.27. The van der Waals surface area contributed by atoms with Crippen LogP contribution in [0.1, 0.15) is 26.2 Å². The summed E-state index contributed by atoms with van der Waals surface area (Å²) in [5.74, 6) is 0. The van der Waals surface area contributed by atoms with Crippen LogP contribution in [-0.4, -0.2) is 6.05 Å². The summed E-state index contributed by atoms with van der Waals surface area (Å²) in [6.07, 6.45) is 1.08. The van der Waals surface area contributed by atoms with Gasteiger partial charge in [-0.05, 0) is 6.42 Å². The molecule has 3 heteroatoms. The smallest absolute Gasteiger partial charge is 0.272 e. The summed E-state index contributed by atoms with van der Waals surface area (Å²) in [5.41, 5.74) is 4.39. The van der Waals surface area contributed by atoms with Gasteiger partial charge in [0.2, 0.25) is 0 Å². The van der Waals surface area contributed by atoms with Crippen LogP contribution in [0.15, 0.2) is 0 Å². The maximum atomic E-state index is 11.7. The van der Waals surface area contributed by atoms with Crippen molar-refractivity contribution < 1.29 is 8.78 Å². The third-order valence-electron chi connectivity index (χ3n) is 0.864. The maximum Gasteiger partial charge on any atom is 0.300 e. The van der Waals surface area contributed by atoms with Crippen molar-refractivity contribution in [2.45, 2.75) is 32.2 Å². The molecule has 50 valence electrons. The lowest BCUT2D eigenvalue weighted by Gasteiger charge is -2.06. The first-order valence-corrected chi connectivity index (χ1v) is 2.73. The monoisotopic (exact) mass is 123 g/mol. The molecule has 0 heterocycles. The molecule has 0 amide bonds. The molecule has 0 fully saturated rings. The SMILES string of the molecule is CCCCC(N)(F)F. The van der Waals surface area contributed by atoms with E-state index in [1.807, 2.05) is 6.92 Å². The van der Waals surface area contributed by atoms with Crippen molar-refractivity contribution in [1.82, 2.24) is 0 Å². The van der Waals surface area contributed by atoms with Gasteiger partial charge < -0.3 is 0 Å². The van der Waals surface area contributed by atoms with Gasteiger partial charge in [-0.15, -0.1) is 0 Å². The van der Waals surface area contributed by atoms with Crippen LogP contribution in [0.3, 0.4) is 0 Å². The van der Waals surface area contributed by atoms with Crippen molar-refractivity contribution >= 4 is 0 Å². The Kier molecular flexibility index (Phi) is 2.90. The van der Waals surface area contributed by atoms with E-state index in [1.165, 1.54) is 0 Å². The molecule has 0 radical (unpaired) electrons. The number of unbranched alkanes of at least 4 members (excludes halogenated alkanes) is 1. The van der Waals surface area contributed by atoms with Crippen LogP contribution < -0.4 is 5.73 Å². The fourth-order valence-electron chi connectivity index (χ4n) is 0.412. The van der Waals surface area contributed by atoms with Crippen molar-refractivity contribution in [3.8, 4) is 0 Å². The zero-order valence-electron chi connectivity index (χ0n) is 4.95. The third-order valence-corrected chi connectivity index (χ3v) is 0.864. The first kappa shape index (κ1) is 7.82. The fraction of sp³-hybridized carbons (Fsp3) is 1.00. The lowest BCUT2D eigenvalue weighted by molar-refractivity contribution is -0.00274. The number of nitrogens with two attached hydrogens (primary N) is 1. The van der Waals surface area contributed by atoms with Crippen molar-refractivity contribution in [3.05, 3.63) is 0 Å². The Bertz CT molecular complexity index is 57.9. The van der Waals surface area contributed by atoms with E-state index in [4.69, 9.17) is 0 Å². The Morgan fingerprint density at radius 1 is 1.50 bits per heavy atom. The highest BCUT2D eigenvalue weighted by Gasteiger charge is 2.19. The molecule has 0 bridgehead atoms. The number of rotatable bonds is 3. The Morgan fingerprint density at radius 2 is 2.00 bits per heavy atom. The Balaban J connectivity index is 3.11. The molecule has 0 aromatic heterocycles. The van der Waals surface area contributed by atoms with Crippen LogP contribution >= 0.6 is 0 Å². The average molecular weight is 123 g/mol. The van der Waals surface area contributed by atoms with Crippen molar-refractivity contribution in [3.63, 3.8) is 0 Å². The van der Waals surface area contributed by atoms with Crippen LogP contribution in [0.4, 0.5) is 8.78 Å². The molecule has 0 spiro atoms. The van der Waals surface area contributed by atoms with Gasteiger partial charge in [-0.25, -0.2) is 0 Å². The van der Waals surface area contributed by atoms with Crippen LogP contribution in [0, 0.1) is 0 Å². The topological polar surface area (TPSA) is 26.0 Å². The highest BCUT2D eigenvalue weighted by molar-refractivity contribution is 4.53. The largest absolute Gasteiger partial charge is 0.300 e. The molecule has 0 saturated carbocycles. The first-order valence-electron chi connectivity index (χ1n) is 2.73. The molecule has 0 aliphatic carbocycles. The zero-order chi connectivity index (χ0) is 6.62. The minimum atomic E-state index is -2.95. The Labute approximate surface area is 47.9 Å². The molecule has 0 aromatic carbocycles. The quantitative estimate of drug-likeness (QED) is 0.568. The van der Waals surface area contributed by atoms with E-state index in [9.17, 15) is 8.78 Å². The van der Waals surface area contributed by atoms with Gasteiger partial charge in [-0.3, -0.25) is 5.73 Å². The van der Waals surface area contributed by atoms with Crippen LogP contribution in [-0.2, 0) is 0 Å². The van der Waals surface area contributed by atoms with Crippen LogP contribution in [0.2, 0.25) is 0 Å². The summed E-state index contributed by atoms with van der Waals surface area (Å²) in [7, 11) is 0. The molecule has 0 aliphatic rings. The summed E-state index contributed by atoms with van der Waals surface area (Å²) >= 11 is 0. The van der Waals surface area contributed by atoms with Gasteiger partial charge in [0.05, 0.1) is 0 Å². The zero-order valence-corrected chi connectivity index (χ0v) is 4.95. The first-order chi connectivity index (χ1) is 3.56. The van der Waals surface area contributed by atoms with Gasteiger partial charge in [0.15, 0.2) is 0 Å². The number of halogens is 2. The summed E-state index contributed by atoms with van der Waals surface area (Å²) in [6.45, 7) is 1.85. The van der Waals surface area contributed by atoms with Gasteiger partial charge in [0.25, 0.3) is 6.05 Å². The second-order valence-corrected chi connectivity index (χ2v) is 1.86. The molecule has 0 atom stereocenters. The van der Waals surface area contributed by atoms with Gasteiger partial charge in [0.1, 0.15) is 0 Å². The Hall–Kier alpha value is -0.180. The van der Waals surface area contributed by atoms with Gasteiger partial charge in [-0.2, -0.15) is 8.78 Å². The molecule has 8 heavy (non-hydrogen) atoms. The summed E-state index contributed by atoms with van der Waals surface area (Å²) in [6, 6.07) is -2.95. The van der Waals surface area contributed by atoms with E-state index in [1.54, 1.807) is 0 Å². The van der Waals surface area contributed by atoms with Crippen LogP contribution in [0.25, 0.3) is 0 Å². The second-order valence-electron chi connectivity index (χ2n) is 1.86. The highest BCUT2D eigenvalue weighted by atomic mass is 19.3. The molecule has 0 aromatic rings. The van der Waals surface area contributed by atoms with Crippen molar-refractivity contribution in [1.29, 1.82) is 0 Å². The number of alkyl halides is 2. The summed E-state index contributed by atoms with van der Waals surface area (Å²) in [4.78, 5) is 0. The van der Waals surface area contributed by atoms with Gasteiger partial charge in [-0.1, -0.05) is 13.3 Å². The standard InChI is InChI=1S/C5H11F2N/c1-2-3-4-5(6,7)8/h2-4,8H2,1H3. The Morgan fingerprint density at radius 3 is 2.12 bits per heavy atom. The minimum Gasteiger partial charge on any atom is -0.272 e. The fourth-order valence-corrected chi connectivity index (χ4v) is 0.412. The molecule has 0 saturated heterocycles. The molecule has 0 unspecified atom stereocenters. The minimum absolute atomic E-state index is 0.191. The van der Waals surface area contributed by atoms with Crippen LogP contribution in [0.5, 0.6) is 0 Å². The van der Waals surface area contributed by atoms with E-state index in [0.717, 1.165) is 6.42 Å². The molecule has 0 rings (SSSR count). The molecule has 1 nitrogen and oxygen atoms in total. The predicted molar refractivity (Wildman–Crippen MR) is 28.7 cm³/mol. The van der Waals surface area contributed by atoms with E-state index in [2.05, 4.69) is 5.73 Å². The van der Waals surface area contributed by atoms with E-state index in [0.29, 0.717) is 6.42 Å². The average Bonchev–Trinajstić information content (AvgIpc) is 1.59. The summed E-state index contributed by atoms with van der Waals surface area (Å²) in [5, 5.41) is 0. The molecular weight excluding hydrogens is 112 g/mol. The normalized spacial score (nSPS) is 12.0. The van der Waals surface area contributed by atoms with E-state index in [-0.39, 0.29) is 6.42 Å². The number of hydrogen-bond acceptors (Lipinski definition) is 1.